The molecule has 0 bridgehead atoms. The molecule has 1 amide bonds. The molecule has 0 saturated heterocycles. The van der Waals surface area contributed by atoms with E-state index in [9.17, 15) is 4.79 Å². The SMILES string of the molecule is Cc1cccn2cc(-c3cccc(NC(=O)c4ccc(Cl)s4)c3)nc12. The van der Waals surface area contributed by atoms with Gasteiger partial charge in [0.1, 0.15) is 5.65 Å². The van der Waals surface area contributed by atoms with Crippen LogP contribution in [0.15, 0.2) is 60.9 Å². The summed E-state index contributed by atoms with van der Waals surface area (Å²) in [4.78, 5) is 17.6. The first-order valence-electron chi connectivity index (χ1n) is 7.71. The fourth-order valence-corrected chi connectivity index (χ4v) is 3.62. The summed E-state index contributed by atoms with van der Waals surface area (Å²) in [5.74, 6) is -0.167. The number of nitrogens with one attached hydrogen (secondary N) is 1. The molecule has 0 atom stereocenters. The summed E-state index contributed by atoms with van der Waals surface area (Å²) in [5.41, 5.74) is 4.59. The number of aromatic nitrogens is 2. The highest BCUT2D eigenvalue weighted by Crippen LogP contribution is 2.25. The van der Waals surface area contributed by atoms with Crippen LogP contribution < -0.4 is 5.32 Å². The number of amides is 1. The smallest absolute Gasteiger partial charge is 0.265 e. The number of imidazole rings is 1. The van der Waals surface area contributed by atoms with Crippen molar-refractivity contribution in [1.29, 1.82) is 0 Å². The highest BCUT2D eigenvalue weighted by atomic mass is 35.5. The number of carbonyl (C=O) groups excluding carboxylic acids is 1. The molecule has 25 heavy (non-hydrogen) atoms. The van der Waals surface area contributed by atoms with Gasteiger partial charge in [-0.2, -0.15) is 0 Å². The third-order valence-corrected chi connectivity index (χ3v) is 5.12. The molecule has 0 aliphatic heterocycles. The van der Waals surface area contributed by atoms with Gasteiger partial charge < -0.3 is 9.72 Å². The number of hydrogen-bond acceptors (Lipinski definition) is 3. The molecule has 3 heterocycles. The van der Waals surface area contributed by atoms with Crippen molar-refractivity contribution in [2.24, 2.45) is 0 Å². The number of benzene rings is 1. The third-order valence-electron chi connectivity index (χ3n) is 3.89. The van der Waals surface area contributed by atoms with Crippen molar-refractivity contribution in [2.45, 2.75) is 6.92 Å². The first-order chi connectivity index (χ1) is 12.1. The number of aryl methyl sites for hydroxylation is 1. The lowest BCUT2D eigenvalue weighted by Gasteiger charge is -2.05. The van der Waals surface area contributed by atoms with E-state index in [1.54, 1.807) is 12.1 Å². The Morgan fingerprint density at radius 2 is 2.08 bits per heavy atom. The highest BCUT2D eigenvalue weighted by Gasteiger charge is 2.11. The maximum atomic E-state index is 12.3. The molecule has 0 spiro atoms. The number of hydrogen-bond donors (Lipinski definition) is 1. The van der Waals surface area contributed by atoms with Crippen LogP contribution in [-0.4, -0.2) is 15.3 Å². The highest BCUT2D eigenvalue weighted by molar-refractivity contribution is 7.18. The number of halogens is 1. The van der Waals surface area contributed by atoms with Crippen molar-refractivity contribution >= 4 is 40.2 Å². The second-order valence-corrected chi connectivity index (χ2v) is 7.40. The van der Waals surface area contributed by atoms with E-state index in [-0.39, 0.29) is 5.91 Å². The van der Waals surface area contributed by atoms with E-state index in [0.29, 0.717) is 9.21 Å². The van der Waals surface area contributed by atoms with E-state index in [1.165, 1.54) is 11.3 Å². The molecule has 0 fully saturated rings. The summed E-state index contributed by atoms with van der Waals surface area (Å²) in [7, 11) is 0. The minimum atomic E-state index is -0.167. The Morgan fingerprint density at radius 1 is 1.20 bits per heavy atom. The zero-order valence-electron chi connectivity index (χ0n) is 13.4. The van der Waals surface area contributed by atoms with E-state index in [1.807, 2.05) is 60.1 Å². The first kappa shape index (κ1) is 15.9. The van der Waals surface area contributed by atoms with Crippen LogP contribution in [0.5, 0.6) is 0 Å². The predicted octanol–water partition coefficient (Wildman–Crippen LogP) is 5.28. The molecule has 0 radical (unpaired) electrons. The normalized spacial score (nSPS) is 11.0. The van der Waals surface area contributed by atoms with Crippen molar-refractivity contribution in [3.05, 3.63) is 75.7 Å². The van der Waals surface area contributed by atoms with Gasteiger partial charge in [0, 0.05) is 23.6 Å². The number of nitrogens with zero attached hydrogens (tertiary/aromatic N) is 2. The molecule has 0 aliphatic rings. The van der Waals surface area contributed by atoms with E-state index in [2.05, 4.69) is 5.32 Å². The van der Waals surface area contributed by atoms with Crippen molar-refractivity contribution in [1.82, 2.24) is 9.38 Å². The molecule has 4 aromatic rings. The number of rotatable bonds is 3. The van der Waals surface area contributed by atoms with Crippen molar-refractivity contribution in [2.75, 3.05) is 5.32 Å². The maximum absolute atomic E-state index is 12.3. The monoisotopic (exact) mass is 367 g/mol. The summed E-state index contributed by atoms with van der Waals surface area (Å²) in [6, 6.07) is 15.1. The lowest BCUT2D eigenvalue weighted by atomic mass is 10.1. The van der Waals surface area contributed by atoms with Gasteiger partial charge in [-0.3, -0.25) is 4.79 Å². The topological polar surface area (TPSA) is 46.4 Å². The summed E-state index contributed by atoms with van der Waals surface area (Å²) < 4.78 is 2.60. The van der Waals surface area contributed by atoms with Gasteiger partial charge in [0.05, 0.1) is 14.9 Å². The average molecular weight is 368 g/mol. The molecule has 3 aromatic heterocycles. The van der Waals surface area contributed by atoms with Gasteiger partial charge >= 0.3 is 0 Å². The minimum Gasteiger partial charge on any atom is -0.321 e. The van der Waals surface area contributed by atoms with Gasteiger partial charge in [0.25, 0.3) is 5.91 Å². The van der Waals surface area contributed by atoms with Gasteiger partial charge in [-0.05, 0) is 42.8 Å². The fraction of sp³-hybridized carbons (Fsp3) is 0.0526. The second kappa shape index (κ2) is 6.35. The Bertz CT molecular complexity index is 1080. The number of fused-ring (bicyclic) bond motifs is 1. The van der Waals surface area contributed by atoms with Crippen LogP contribution in [0.2, 0.25) is 4.34 Å². The van der Waals surface area contributed by atoms with Crippen LogP contribution in [0.1, 0.15) is 15.2 Å². The second-order valence-electron chi connectivity index (χ2n) is 5.69. The molecule has 0 aliphatic carbocycles. The molecule has 6 heteroatoms. The zero-order chi connectivity index (χ0) is 17.4. The van der Waals surface area contributed by atoms with Gasteiger partial charge in [0.15, 0.2) is 0 Å². The third kappa shape index (κ3) is 3.16. The molecule has 0 unspecified atom stereocenters. The molecular formula is C19H14ClN3OS. The van der Waals surface area contributed by atoms with E-state index < -0.39 is 0 Å². The van der Waals surface area contributed by atoms with E-state index in [4.69, 9.17) is 16.6 Å². The van der Waals surface area contributed by atoms with Gasteiger partial charge in [0.2, 0.25) is 0 Å². The van der Waals surface area contributed by atoms with Crippen LogP contribution in [-0.2, 0) is 0 Å². The number of anilines is 1. The lowest BCUT2D eigenvalue weighted by molar-refractivity contribution is 0.103. The van der Waals surface area contributed by atoms with Crippen LogP contribution in [0.25, 0.3) is 16.9 Å². The lowest BCUT2D eigenvalue weighted by Crippen LogP contribution is -2.09. The number of thiophene rings is 1. The molecule has 124 valence electrons. The van der Waals surface area contributed by atoms with Crippen molar-refractivity contribution < 1.29 is 4.79 Å². The molecule has 1 aromatic carbocycles. The van der Waals surface area contributed by atoms with Crippen LogP contribution >= 0.6 is 22.9 Å². The molecule has 1 N–H and O–H groups in total. The van der Waals surface area contributed by atoms with Crippen molar-refractivity contribution in [3.8, 4) is 11.3 Å². The average Bonchev–Trinajstić information content (AvgIpc) is 3.22. The Kier molecular flexibility index (Phi) is 4.03. The molecular weight excluding hydrogens is 354 g/mol. The van der Waals surface area contributed by atoms with Crippen LogP contribution in [0, 0.1) is 6.92 Å². The van der Waals surface area contributed by atoms with Gasteiger partial charge in [-0.25, -0.2) is 4.98 Å². The molecule has 4 nitrogen and oxygen atoms in total. The maximum Gasteiger partial charge on any atom is 0.265 e. The predicted molar refractivity (Wildman–Crippen MR) is 103 cm³/mol. The Morgan fingerprint density at radius 3 is 2.84 bits per heavy atom. The zero-order valence-corrected chi connectivity index (χ0v) is 14.9. The Balaban J connectivity index is 1.64. The summed E-state index contributed by atoms with van der Waals surface area (Å²) in [6.45, 7) is 2.04. The largest absolute Gasteiger partial charge is 0.321 e. The van der Waals surface area contributed by atoms with E-state index in [0.717, 1.165) is 28.2 Å². The quantitative estimate of drug-likeness (QED) is 0.535. The first-order valence-corrected chi connectivity index (χ1v) is 8.91. The summed E-state index contributed by atoms with van der Waals surface area (Å²) in [6.07, 6.45) is 3.97. The van der Waals surface area contributed by atoms with Crippen LogP contribution in [0.4, 0.5) is 5.69 Å². The Hall–Kier alpha value is -2.63. The van der Waals surface area contributed by atoms with Crippen molar-refractivity contribution in [3.63, 3.8) is 0 Å². The molecule has 4 rings (SSSR count). The van der Waals surface area contributed by atoms with E-state index >= 15 is 0 Å². The summed E-state index contributed by atoms with van der Waals surface area (Å²) >= 11 is 7.15. The minimum absolute atomic E-state index is 0.167. The summed E-state index contributed by atoms with van der Waals surface area (Å²) in [5, 5.41) is 2.91. The van der Waals surface area contributed by atoms with Gasteiger partial charge in [-0.15, -0.1) is 11.3 Å². The number of pyridine rings is 1. The van der Waals surface area contributed by atoms with Gasteiger partial charge in [-0.1, -0.05) is 29.8 Å². The molecule has 0 saturated carbocycles. The number of carbonyl (C=O) groups is 1. The standard InChI is InChI=1S/C19H14ClN3OS/c1-12-4-3-9-23-11-15(22-18(12)23)13-5-2-6-14(10-13)21-19(24)16-7-8-17(20)25-16/h2-11H,1H3,(H,21,24). The fourth-order valence-electron chi connectivity index (χ4n) is 2.68. The van der Waals surface area contributed by atoms with Crippen LogP contribution in [0.3, 0.4) is 0 Å². The Labute approximate surface area is 153 Å².